The van der Waals surface area contributed by atoms with Gasteiger partial charge in [-0.05, 0) is 37.7 Å². The zero-order valence-corrected chi connectivity index (χ0v) is 12.8. The highest BCUT2D eigenvalue weighted by Gasteiger charge is 2.11. The number of halogens is 1. The molecule has 1 aromatic carbocycles. The third-order valence-corrected chi connectivity index (χ3v) is 4.08. The average molecular weight is 306 g/mol. The van der Waals surface area contributed by atoms with Crippen LogP contribution in [0.15, 0.2) is 24.3 Å². The topological polar surface area (TPSA) is 57.6 Å². The molecule has 0 aliphatic carbocycles. The standard InChI is InChI=1S/C13H20ClNO3S/c1-15(8-3-9-19(2,17)18)10-13(16)11-4-6-12(14)7-5-11/h4-7,13,16H,3,8-10H2,1-2H3. The molecular weight excluding hydrogens is 286 g/mol. The summed E-state index contributed by atoms with van der Waals surface area (Å²) < 4.78 is 22.0. The van der Waals surface area contributed by atoms with Gasteiger partial charge in [0.15, 0.2) is 0 Å². The van der Waals surface area contributed by atoms with Gasteiger partial charge in [0.25, 0.3) is 0 Å². The molecule has 1 N–H and O–H groups in total. The predicted molar refractivity (Wildman–Crippen MR) is 78.2 cm³/mol. The maximum atomic E-state index is 11.0. The van der Waals surface area contributed by atoms with Crippen molar-refractivity contribution in [2.75, 3.05) is 32.1 Å². The molecule has 6 heteroatoms. The highest BCUT2D eigenvalue weighted by molar-refractivity contribution is 7.90. The molecular formula is C13H20ClNO3S. The largest absolute Gasteiger partial charge is 0.387 e. The first-order valence-corrected chi connectivity index (χ1v) is 8.51. The molecule has 4 nitrogen and oxygen atoms in total. The van der Waals surface area contributed by atoms with Gasteiger partial charge in [0.1, 0.15) is 9.84 Å². The summed E-state index contributed by atoms with van der Waals surface area (Å²) in [6.45, 7) is 1.10. The van der Waals surface area contributed by atoms with E-state index in [-0.39, 0.29) is 5.75 Å². The van der Waals surface area contributed by atoms with Crippen LogP contribution in [0.2, 0.25) is 5.02 Å². The van der Waals surface area contributed by atoms with Gasteiger partial charge in [-0.25, -0.2) is 8.42 Å². The van der Waals surface area contributed by atoms with Gasteiger partial charge in [0.05, 0.1) is 11.9 Å². The average Bonchev–Trinajstić information content (AvgIpc) is 2.27. The van der Waals surface area contributed by atoms with E-state index in [9.17, 15) is 13.5 Å². The minimum atomic E-state index is -2.91. The Bertz CT molecular complexity index is 487. The molecule has 108 valence electrons. The van der Waals surface area contributed by atoms with Crippen molar-refractivity contribution in [3.63, 3.8) is 0 Å². The number of sulfone groups is 1. The van der Waals surface area contributed by atoms with Gasteiger partial charge in [0, 0.05) is 17.8 Å². The Morgan fingerprint density at radius 1 is 1.32 bits per heavy atom. The van der Waals surface area contributed by atoms with Crippen LogP contribution in [-0.4, -0.2) is 50.6 Å². The van der Waals surface area contributed by atoms with Crippen molar-refractivity contribution in [2.45, 2.75) is 12.5 Å². The monoisotopic (exact) mass is 305 g/mol. The van der Waals surface area contributed by atoms with Crippen LogP contribution in [0.5, 0.6) is 0 Å². The Morgan fingerprint density at radius 2 is 1.89 bits per heavy atom. The lowest BCUT2D eigenvalue weighted by molar-refractivity contribution is 0.127. The Hall–Kier alpha value is -0.620. The van der Waals surface area contributed by atoms with Crippen molar-refractivity contribution in [3.8, 4) is 0 Å². The molecule has 1 rings (SSSR count). The molecule has 0 bridgehead atoms. The smallest absolute Gasteiger partial charge is 0.147 e. The van der Waals surface area contributed by atoms with Gasteiger partial charge in [0.2, 0.25) is 0 Å². The fraction of sp³-hybridized carbons (Fsp3) is 0.538. The second-order valence-corrected chi connectivity index (χ2v) is 7.51. The van der Waals surface area contributed by atoms with Crippen molar-refractivity contribution >= 4 is 21.4 Å². The summed E-state index contributed by atoms with van der Waals surface area (Å²) in [7, 11) is -1.05. The van der Waals surface area contributed by atoms with E-state index in [4.69, 9.17) is 11.6 Å². The number of nitrogens with zero attached hydrogens (tertiary/aromatic N) is 1. The number of benzene rings is 1. The van der Waals surface area contributed by atoms with E-state index < -0.39 is 15.9 Å². The Kier molecular flexibility index (Phi) is 6.26. The van der Waals surface area contributed by atoms with Gasteiger partial charge in [-0.1, -0.05) is 23.7 Å². The molecule has 0 aliphatic rings. The fourth-order valence-electron chi connectivity index (χ4n) is 1.77. The maximum Gasteiger partial charge on any atom is 0.147 e. The van der Waals surface area contributed by atoms with Crippen LogP contribution in [-0.2, 0) is 9.84 Å². The molecule has 19 heavy (non-hydrogen) atoms. The lowest BCUT2D eigenvalue weighted by atomic mass is 10.1. The molecule has 0 spiro atoms. The highest BCUT2D eigenvalue weighted by Crippen LogP contribution is 2.17. The quantitative estimate of drug-likeness (QED) is 0.833. The van der Waals surface area contributed by atoms with Gasteiger partial charge in [-0.3, -0.25) is 0 Å². The molecule has 1 aromatic rings. The van der Waals surface area contributed by atoms with Crippen LogP contribution in [0.1, 0.15) is 18.1 Å². The van der Waals surface area contributed by atoms with Crippen molar-refractivity contribution in [2.24, 2.45) is 0 Å². The number of hydrogen-bond acceptors (Lipinski definition) is 4. The van der Waals surface area contributed by atoms with E-state index in [0.29, 0.717) is 24.5 Å². The van der Waals surface area contributed by atoms with Crippen LogP contribution < -0.4 is 0 Å². The summed E-state index contributed by atoms with van der Waals surface area (Å²) in [5, 5.41) is 10.7. The zero-order chi connectivity index (χ0) is 14.5. The van der Waals surface area contributed by atoms with E-state index in [1.165, 1.54) is 6.26 Å². The van der Waals surface area contributed by atoms with Crippen LogP contribution in [0.4, 0.5) is 0 Å². The Labute approximate surface area is 119 Å². The minimum absolute atomic E-state index is 0.175. The number of hydrogen-bond donors (Lipinski definition) is 1. The van der Waals surface area contributed by atoms with Gasteiger partial charge in [-0.15, -0.1) is 0 Å². The SMILES string of the molecule is CN(CCCS(C)(=O)=O)CC(O)c1ccc(Cl)cc1. The third-order valence-electron chi connectivity index (χ3n) is 2.79. The zero-order valence-electron chi connectivity index (χ0n) is 11.2. The normalized spacial score (nSPS) is 13.7. The van der Waals surface area contributed by atoms with Crippen molar-refractivity contribution in [3.05, 3.63) is 34.9 Å². The molecule has 0 radical (unpaired) electrons. The van der Waals surface area contributed by atoms with E-state index in [2.05, 4.69) is 0 Å². The molecule has 0 heterocycles. The summed E-state index contributed by atoms with van der Waals surface area (Å²) in [6, 6.07) is 7.06. The first kappa shape index (κ1) is 16.4. The number of aliphatic hydroxyl groups excluding tert-OH is 1. The van der Waals surface area contributed by atoms with Gasteiger partial charge < -0.3 is 10.0 Å². The van der Waals surface area contributed by atoms with Crippen molar-refractivity contribution < 1.29 is 13.5 Å². The minimum Gasteiger partial charge on any atom is -0.387 e. The molecule has 0 aromatic heterocycles. The first-order valence-electron chi connectivity index (χ1n) is 6.08. The second-order valence-electron chi connectivity index (χ2n) is 4.81. The van der Waals surface area contributed by atoms with E-state index in [1.54, 1.807) is 24.3 Å². The molecule has 0 saturated carbocycles. The highest BCUT2D eigenvalue weighted by atomic mass is 35.5. The molecule has 0 saturated heterocycles. The summed E-state index contributed by atoms with van der Waals surface area (Å²) in [5.41, 5.74) is 0.805. The van der Waals surface area contributed by atoms with Crippen molar-refractivity contribution in [1.29, 1.82) is 0 Å². The lowest BCUT2D eigenvalue weighted by Crippen LogP contribution is -2.26. The second kappa shape index (κ2) is 7.24. The van der Waals surface area contributed by atoms with Gasteiger partial charge in [-0.2, -0.15) is 0 Å². The maximum absolute atomic E-state index is 11.0. The molecule has 0 fully saturated rings. The number of aliphatic hydroxyl groups is 1. The molecule has 0 aliphatic heterocycles. The van der Waals surface area contributed by atoms with Crippen LogP contribution in [0, 0.1) is 0 Å². The predicted octanol–water partition coefficient (Wildman–Crippen LogP) is 1.74. The summed E-state index contributed by atoms with van der Waals surface area (Å²) in [4.78, 5) is 1.92. The van der Waals surface area contributed by atoms with E-state index >= 15 is 0 Å². The molecule has 0 amide bonds. The number of likely N-dealkylation sites (N-methyl/N-ethyl adjacent to an activating group) is 1. The van der Waals surface area contributed by atoms with Crippen LogP contribution in [0.3, 0.4) is 0 Å². The van der Waals surface area contributed by atoms with Crippen molar-refractivity contribution in [1.82, 2.24) is 4.90 Å². The Morgan fingerprint density at radius 3 is 2.42 bits per heavy atom. The van der Waals surface area contributed by atoms with E-state index in [0.717, 1.165) is 5.56 Å². The van der Waals surface area contributed by atoms with Crippen LogP contribution in [0.25, 0.3) is 0 Å². The molecule has 1 unspecified atom stereocenters. The summed E-state index contributed by atoms with van der Waals surface area (Å²) >= 11 is 5.78. The van der Waals surface area contributed by atoms with E-state index in [1.807, 2.05) is 11.9 Å². The first-order chi connectivity index (χ1) is 8.78. The third kappa shape index (κ3) is 6.92. The Balaban J connectivity index is 2.39. The number of rotatable bonds is 7. The fourth-order valence-corrected chi connectivity index (χ4v) is 2.55. The lowest BCUT2D eigenvalue weighted by Gasteiger charge is -2.20. The summed E-state index contributed by atoms with van der Waals surface area (Å²) in [6.07, 6.45) is 1.21. The van der Waals surface area contributed by atoms with Gasteiger partial charge >= 0.3 is 0 Å². The molecule has 1 atom stereocenters. The summed E-state index contributed by atoms with van der Waals surface area (Å²) in [5.74, 6) is 0.175. The van der Waals surface area contributed by atoms with Crippen LogP contribution >= 0.6 is 11.6 Å².